The zero-order valence-corrected chi connectivity index (χ0v) is 14.9. The summed E-state index contributed by atoms with van der Waals surface area (Å²) in [5, 5.41) is 0. The summed E-state index contributed by atoms with van der Waals surface area (Å²) in [6.45, 7) is 3.35. The molecule has 3 rings (SSSR count). The van der Waals surface area contributed by atoms with Gasteiger partial charge in [-0.25, -0.2) is 0 Å². The Labute approximate surface area is 147 Å². The van der Waals surface area contributed by atoms with Crippen LogP contribution in [0.25, 0.3) is 0 Å². The van der Waals surface area contributed by atoms with E-state index in [2.05, 4.69) is 24.0 Å². The Hall–Kier alpha value is -2.40. The van der Waals surface area contributed by atoms with Gasteiger partial charge in [0.05, 0.1) is 32.2 Å². The molecule has 1 aliphatic rings. The van der Waals surface area contributed by atoms with Gasteiger partial charge in [-0.2, -0.15) is 0 Å². The normalized spacial score (nSPS) is 13.9. The van der Waals surface area contributed by atoms with E-state index in [-0.39, 0.29) is 0 Å². The van der Waals surface area contributed by atoms with Gasteiger partial charge in [0.25, 0.3) is 0 Å². The number of nitrogens with zero attached hydrogens (tertiary/aromatic N) is 2. The van der Waals surface area contributed by atoms with Crippen molar-refractivity contribution in [3.63, 3.8) is 0 Å². The molecule has 24 heavy (non-hydrogen) atoms. The smallest absolute Gasteiger partial charge is 0.162 e. The van der Waals surface area contributed by atoms with Crippen LogP contribution in [0.15, 0.2) is 47.5 Å². The lowest BCUT2D eigenvalue weighted by atomic mass is 9.99. The lowest BCUT2D eigenvalue weighted by Gasteiger charge is -2.25. The summed E-state index contributed by atoms with van der Waals surface area (Å²) in [6, 6.07) is 14.1. The molecule has 0 aromatic heterocycles. The zero-order chi connectivity index (χ0) is 17.1. The first-order valence-corrected chi connectivity index (χ1v) is 8.27. The fourth-order valence-electron chi connectivity index (χ4n) is 2.92. The third-order valence-corrected chi connectivity index (χ3v) is 4.43. The summed E-state index contributed by atoms with van der Waals surface area (Å²) in [4.78, 5) is 7.69. The van der Waals surface area contributed by atoms with Crippen molar-refractivity contribution < 1.29 is 9.47 Å². The van der Waals surface area contributed by atoms with Crippen molar-refractivity contribution in [1.29, 1.82) is 0 Å². The van der Waals surface area contributed by atoms with Crippen molar-refractivity contribution in [3.05, 3.63) is 53.6 Å². The number of hydrogen-bond donors (Lipinski definition) is 0. The van der Waals surface area contributed by atoms with Crippen molar-refractivity contribution in [2.45, 2.75) is 6.92 Å². The number of likely N-dealkylation sites (N-methyl/N-ethyl adjacent to an activating group) is 1. The number of methoxy groups -OCH3 is 2. The number of rotatable bonds is 4. The summed E-state index contributed by atoms with van der Waals surface area (Å²) < 4.78 is 11.0. The Kier molecular flexibility index (Phi) is 4.81. The third-order valence-electron chi connectivity index (χ3n) is 4.08. The molecule has 0 fully saturated rings. The highest BCUT2D eigenvalue weighted by atomic mass is 32.1. The monoisotopic (exact) mass is 340 g/mol. The van der Waals surface area contributed by atoms with Crippen LogP contribution in [0.1, 0.15) is 18.1 Å². The molecule has 2 aromatic rings. The molecule has 0 unspecified atom stereocenters. The van der Waals surface area contributed by atoms with Crippen LogP contribution < -0.4 is 14.4 Å². The van der Waals surface area contributed by atoms with Gasteiger partial charge in [0.15, 0.2) is 11.5 Å². The first-order chi connectivity index (χ1) is 11.7. The van der Waals surface area contributed by atoms with E-state index < -0.39 is 0 Å². The first-order valence-electron chi connectivity index (χ1n) is 7.86. The zero-order valence-electron chi connectivity index (χ0n) is 14.1. The van der Waals surface area contributed by atoms with Crippen LogP contribution in [0.2, 0.25) is 0 Å². The summed E-state index contributed by atoms with van der Waals surface area (Å²) >= 11 is 5.58. The highest BCUT2D eigenvalue weighted by molar-refractivity contribution is 7.80. The topological polar surface area (TPSA) is 34.1 Å². The standard InChI is InChI=1S/C19H20N2O2S/c1-4-21-15-11-17(23-3)16(22-2)10-14(15)19(20-12-18(21)24)13-8-6-5-7-9-13/h5-11H,4,12H2,1-3H3. The van der Waals surface area contributed by atoms with Crippen molar-refractivity contribution in [2.75, 3.05) is 32.2 Å². The van der Waals surface area contributed by atoms with E-state index in [4.69, 9.17) is 26.7 Å². The second kappa shape index (κ2) is 7.01. The summed E-state index contributed by atoms with van der Waals surface area (Å²) in [5.74, 6) is 1.37. The SMILES string of the molecule is CCN1C(=S)CN=C(c2ccccc2)c2cc(OC)c(OC)cc21. The lowest BCUT2D eigenvalue weighted by Crippen LogP contribution is -2.30. The summed E-state index contributed by atoms with van der Waals surface area (Å²) in [6.07, 6.45) is 0. The van der Waals surface area contributed by atoms with Crippen LogP contribution in [0, 0.1) is 0 Å². The molecule has 0 amide bonds. The number of aliphatic imine (C=N–C) groups is 1. The Balaban J connectivity index is 2.26. The Bertz CT molecular complexity index is 787. The van der Waals surface area contributed by atoms with Crippen LogP contribution >= 0.6 is 12.2 Å². The molecular formula is C19H20N2O2S. The molecule has 124 valence electrons. The first kappa shape index (κ1) is 16.5. The van der Waals surface area contributed by atoms with E-state index in [1.807, 2.05) is 30.3 Å². The molecule has 0 aliphatic carbocycles. The highest BCUT2D eigenvalue weighted by Gasteiger charge is 2.24. The van der Waals surface area contributed by atoms with Gasteiger partial charge in [-0.1, -0.05) is 42.5 Å². The van der Waals surface area contributed by atoms with Crippen LogP contribution in [0.4, 0.5) is 5.69 Å². The van der Waals surface area contributed by atoms with E-state index in [1.165, 1.54) is 0 Å². The quantitative estimate of drug-likeness (QED) is 0.795. The summed E-state index contributed by atoms with van der Waals surface area (Å²) in [7, 11) is 3.28. The number of hydrogen-bond acceptors (Lipinski definition) is 4. The van der Waals surface area contributed by atoms with Crippen molar-refractivity contribution in [3.8, 4) is 11.5 Å². The van der Waals surface area contributed by atoms with E-state index >= 15 is 0 Å². The molecule has 0 saturated carbocycles. The van der Waals surface area contributed by atoms with Crippen LogP contribution in [0.3, 0.4) is 0 Å². The van der Waals surface area contributed by atoms with Crippen molar-refractivity contribution >= 4 is 28.6 Å². The molecule has 0 radical (unpaired) electrons. The number of benzene rings is 2. The van der Waals surface area contributed by atoms with E-state index in [9.17, 15) is 0 Å². The molecule has 0 N–H and O–H groups in total. The molecule has 0 bridgehead atoms. The maximum atomic E-state index is 5.58. The van der Waals surface area contributed by atoms with Gasteiger partial charge in [-0.15, -0.1) is 0 Å². The van der Waals surface area contributed by atoms with Gasteiger partial charge in [0.1, 0.15) is 4.99 Å². The second-order valence-electron chi connectivity index (χ2n) is 5.39. The molecule has 1 heterocycles. The molecule has 5 heteroatoms. The minimum absolute atomic E-state index is 0.493. The average Bonchev–Trinajstić information content (AvgIpc) is 2.76. The number of benzodiazepines with no additional fused rings is 1. The molecule has 2 aromatic carbocycles. The fourth-order valence-corrected chi connectivity index (χ4v) is 3.21. The van der Waals surface area contributed by atoms with Crippen LogP contribution in [-0.4, -0.2) is 38.0 Å². The third kappa shape index (κ3) is 2.87. The van der Waals surface area contributed by atoms with Gasteiger partial charge in [-0.05, 0) is 13.0 Å². The van der Waals surface area contributed by atoms with Crippen LogP contribution in [0.5, 0.6) is 11.5 Å². The van der Waals surface area contributed by atoms with Gasteiger partial charge in [0, 0.05) is 23.7 Å². The predicted octanol–water partition coefficient (Wildman–Crippen LogP) is 3.71. The maximum absolute atomic E-state index is 5.58. The van der Waals surface area contributed by atoms with E-state index in [0.29, 0.717) is 18.0 Å². The fraction of sp³-hybridized carbons (Fsp3) is 0.263. The minimum Gasteiger partial charge on any atom is -0.493 e. The Morgan fingerprint density at radius 3 is 2.38 bits per heavy atom. The number of ether oxygens (including phenoxy) is 2. The van der Waals surface area contributed by atoms with Crippen molar-refractivity contribution in [1.82, 2.24) is 0 Å². The van der Waals surface area contributed by atoms with Gasteiger partial charge >= 0.3 is 0 Å². The molecule has 0 saturated heterocycles. The Morgan fingerprint density at radius 2 is 1.75 bits per heavy atom. The van der Waals surface area contributed by atoms with Gasteiger partial charge in [-0.3, -0.25) is 4.99 Å². The Morgan fingerprint density at radius 1 is 1.08 bits per heavy atom. The van der Waals surface area contributed by atoms with Gasteiger partial charge < -0.3 is 14.4 Å². The summed E-state index contributed by atoms with van der Waals surface area (Å²) in [5.41, 5.74) is 3.98. The maximum Gasteiger partial charge on any atom is 0.162 e. The molecule has 4 nitrogen and oxygen atoms in total. The number of anilines is 1. The van der Waals surface area contributed by atoms with E-state index in [1.54, 1.807) is 14.2 Å². The largest absolute Gasteiger partial charge is 0.493 e. The number of thiocarbonyl (C=S) groups is 1. The second-order valence-corrected chi connectivity index (χ2v) is 5.86. The average molecular weight is 340 g/mol. The molecule has 1 aliphatic heterocycles. The molecule has 0 atom stereocenters. The van der Waals surface area contributed by atoms with Crippen molar-refractivity contribution in [2.24, 2.45) is 4.99 Å². The number of fused-ring (bicyclic) bond motifs is 1. The van der Waals surface area contributed by atoms with E-state index in [0.717, 1.165) is 34.1 Å². The highest BCUT2D eigenvalue weighted by Crippen LogP contribution is 2.37. The minimum atomic E-state index is 0.493. The van der Waals surface area contributed by atoms with Gasteiger partial charge in [0.2, 0.25) is 0 Å². The predicted molar refractivity (Wildman–Crippen MR) is 102 cm³/mol. The van der Waals surface area contributed by atoms with Crippen LogP contribution in [-0.2, 0) is 0 Å². The lowest BCUT2D eigenvalue weighted by molar-refractivity contribution is 0.355. The molecular weight excluding hydrogens is 320 g/mol. The molecule has 0 spiro atoms.